The number of pyridine rings is 1. The number of nitrogens with zero attached hydrogens (tertiary/aromatic N) is 2. The first kappa shape index (κ1) is 15.2. The largest absolute Gasteiger partial charge is 0.480 e. The number of amides is 1. The average Bonchev–Trinajstić information content (AvgIpc) is 2.57. The van der Waals surface area contributed by atoms with Crippen LogP contribution in [0.3, 0.4) is 0 Å². The van der Waals surface area contributed by atoms with Gasteiger partial charge in [-0.3, -0.25) is 9.59 Å². The Morgan fingerprint density at radius 1 is 1.30 bits per heavy atom. The molecule has 3 rings (SSSR count). The molecule has 7 nitrogen and oxygen atoms in total. The Bertz CT molecular complexity index is 842. The number of carboxylic acid groups (broad SMARTS) is 1. The molecule has 120 valence electrons. The van der Waals surface area contributed by atoms with Crippen LogP contribution in [0.15, 0.2) is 35.1 Å². The number of benzene rings is 1. The van der Waals surface area contributed by atoms with Gasteiger partial charge in [0.1, 0.15) is 0 Å². The van der Waals surface area contributed by atoms with E-state index in [1.54, 1.807) is 31.3 Å². The topological polar surface area (TPSA) is 88.8 Å². The third-order valence-corrected chi connectivity index (χ3v) is 4.06. The molecule has 1 N–H and O–H groups in total. The lowest BCUT2D eigenvalue weighted by Gasteiger charge is -2.33. The van der Waals surface area contributed by atoms with Crippen molar-refractivity contribution in [2.24, 2.45) is 7.05 Å². The summed E-state index contributed by atoms with van der Waals surface area (Å²) < 4.78 is 6.61. The third kappa shape index (κ3) is 2.59. The molecule has 0 radical (unpaired) electrons. The van der Waals surface area contributed by atoms with Gasteiger partial charge in [0.25, 0.3) is 11.5 Å². The van der Waals surface area contributed by atoms with E-state index >= 15 is 0 Å². The van der Waals surface area contributed by atoms with Crippen LogP contribution < -0.4 is 5.56 Å². The number of hydrogen-bond donors (Lipinski definition) is 1. The van der Waals surface area contributed by atoms with Gasteiger partial charge in [0, 0.05) is 25.0 Å². The van der Waals surface area contributed by atoms with Gasteiger partial charge in [-0.15, -0.1) is 0 Å². The van der Waals surface area contributed by atoms with E-state index in [4.69, 9.17) is 4.74 Å². The van der Waals surface area contributed by atoms with E-state index in [0.29, 0.717) is 10.9 Å². The summed E-state index contributed by atoms with van der Waals surface area (Å²) in [7, 11) is 1.63. The molecule has 1 aromatic heterocycles. The first-order valence-corrected chi connectivity index (χ1v) is 7.21. The van der Waals surface area contributed by atoms with Crippen LogP contribution in [0.4, 0.5) is 0 Å². The summed E-state index contributed by atoms with van der Waals surface area (Å²) in [5, 5.41) is 9.90. The fourth-order valence-electron chi connectivity index (χ4n) is 2.79. The minimum Gasteiger partial charge on any atom is -0.480 e. The predicted molar refractivity (Wildman–Crippen MR) is 82.5 cm³/mol. The fraction of sp³-hybridized carbons (Fsp3) is 0.312. The van der Waals surface area contributed by atoms with Gasteiger partial charge in [0.2, 0.25) is 0 Å². The highest BCUT2D eigenvalue weighted by Gasteiger charge is 2.34. The number of morpholine rings is 1. The molecule has 2 heterocycles. The minimum absolute atomic E-state index is 0.0517. The van der Waals surface area contributed by atoms with Crippen LogP contribution in [0.1, 0.15) is 10.4 Å². The monoisotopic (exact) mass is 316 g/mol. The van der Waals surface area contributed by atoms with E-state index in [1.165, 1.54) is 15.5 Å². The molecule has 0 bridgehead atoms. The number of aryl methyl sites for hydroxylation is 1. The lowest BCUT2D eigenvalue weighted by molar-refractivity contribution is -0.147. The molecule has 7 heteroatoms. The second-order valence-corrected chi connectivity index (χ2v) is 5.40. The zero-order valence-electron chi connectivity index (χ0n) is 12.6. The second-order valence-electron chi connectivity index (χ2n) is 5.40. The molecule has 1 aliphatic heterocycles. The van der Waals surface area contributed by atoms with Gasteiger partial charge >= 0.3 is 5.97 Å². The first-order valence-electron chi connectivity index (χ1n) is 7.21. The number of ether oxygens (including phenoxy) is 1. The Balaban J connectivity index is 2.12. The Hall–Kier alpha value is -2.67. The predicted octanol–water partition coefficient (Wildman–Crippen LogP) is 0.464. The van der Waals surface area contributed by atoms with Crippen molar-refractivity contribution in [1.82, 2.24) is 9.47 Å². The minimum atomic E-state index is -1.12. The quantitative estimate of drug-likeness (QED) is 0.870. The molecule has 2 aromatic rings. The van der Waals surface area contributed by atoms with Crippen LogP contribution in [0.2, 0.25) is 0 Å². The molecule has 1 atom stereocenters. The summed E-state index contributed by atoms with van der Waals surface area (Å²) in [5.41, 5.74) is 0.535. The van der Waals surface area contributed by atoms with E-state index in [-0.39, 0.29) is 30.9 Å². The number of carbonyl (C=O) groups excluding carboxylic acids is 1. The van der Waals surface area contributed by atoms with E-state index < -0.39 is 17.9 Å². The summed E-state index contributed by atoms with van der Waals surface area (Å²) in [4.78, 5) is 37.6. The highest BCUT2D eigenvalue weighted by Crippen LogP contribution is 2.20. The number of aliphatic carboxylic acids is 1. The summed E-state index contributed by atoms with van der Waals surface area (Å²) in [6.45, 7) is 0.404. The Labute approximate surface area is 131 Å². The highest BCUT2D eigenvalue weighted by molar-refractivity contribution is 6.07. The molecule has 0 spiro atoms. The van der Waals surface area contributed by atoms with Crippen molar-refractivity contribution in [1.29, 1.82) is 0 Å². The maximum atomic E-state index is 12.9. The van der Waals surface area contributed by atoms with Crippen molar-refractivity contribution in [2.75, 3.05) is 19.8 Å². The van der Waals surface area contributed by atoms with E-state index in [0.717, 1.165) is 0 Å². The van der Waals surface area contributed by atoms with Gasteiger partial charge in [0.15, 0.2) is 6.04 Å². The van der Waals surface area contributed by atoms with E-state index in [1.807, 2.05) is 0 Å². The second kappa shape index (κ2) is 5.85. The number of fused-ring (bicyclic) bond motifs is 1. The van der Waals surface area contributed by atoms with Gasteiger partial charge in [-0.25, -0.2) is 4.79 Å². The summed E-state index contributed by atoms with van der Waals surface area (Å²) in [5.74, 6) is -1.58. The first-order chi connectivity index (χ1) is 11.0. The number of carbonyl (C=O) groups is 2. The molecule has 1 saturated heterocycles. The Morgan fingerprint density at radius 2 is 2.04 bits per heavy atom. The molecular formula is C16H16N2O5. The van der Waals surface area contributed by atoms with Gasteiger partial charge in [0.05, 0.1) is 24.3 Å². The van der Waals surface area contributed by atoms with Gasteiger partial charge in [-0.05, 0) is 6.07 Å². The SMILES string of the molecule is Cn1c(=O)cc(C(=O)N2CCOCC2C(=O)O)c2ccccc21. The van der Waals surface area contributed by atoms with Crippen molar-refractivity contribution in [3.8, 4) is 0 Å². The maximum absolute atomic E-state index is 12.9. The number of para-hydroxylation sites is 1. The van der Waals surface area contributed by atoms with Crippen molar-refractivity contribution in [2.45, 2.75) is 6.04 Å². The van der Waals surface area contributed by atoms with Crippen LogP contribution >= 0.6 is 0 Å². The molecule has 23 heavy (non-hydrogen) atoms. The third-order valence-electron chi connectivity index (χ3n) is 4.06. The van der Waals surface area contributed by atoms with Crippen LogP contribution in [-0.4, -0.2) is 52.3 Å². The number of aromatic nitrogens is 1. The molecule has 1 fully saturated rings. The van der Waals surface area contributed by atoms with Crippen LogP contribution in [0.5, 0.6) is 0 Å². The number of carboxylic acids is 1. The molecule has 0 aliphatic carbocycles. The van der Waals surface area contributed by atoms with Crippen molar-refractivity contribution in [3.63, 3.8) is 0 Å². The highest BCUT2D eigenvalue weighted by atomic mass is 16.5. The average molecular weight is 316 g/mol. The van der Waals surface area contributed by atoms with Crippen molar-refractivity contribution < 1.29 is 19.4 Å². The maximum Gasteiger partial charge on any atom is 0.328 e. The molecule has 1 aromatic carbocycles. The summed E-state index contributed by atoms with van der Waals surface area (Å²) in [6, 6.07) is 7.28. The number of rotatable bonds is 2. The zero-order valence-corrected chi connectivity index (χ0v) is 12.6. The lowest BCUT2D eigenvalue weighted by Crippen LogP contribution is -2.52. The van der Waals surface area contributed by atoms with Gasteiger partial charge in [-0.2, -0.15) is 0 Å². The van der Waals surface area contributed by atoms with Crippen molar-refractivity contribution in [3.05, 3.63) is 46.2 Å². The van der Waals surface area contributed by atoms with Crippen LogP contribution in [0.25, 0.3) is 10.9 Å². The standard InChI is InChI=1S/C16H16N2O5/c1-17-12-5-3-2-4-10(12)11(8-14(17)19)15(20)18-6-7-23-9-13(18)16(21)22/h2-5,8,13H,6-7,9H2,1H3,(H,21,22). The lowest BCUT2D eigenvalue weighted by atomic mass is 10.1. The van der Waals surface area contributed by atoms with Gasteiger partial charge in [-0.1, -0.05) is 18.2 Å². The van der Waals surface area contributed by atoms with E-state index in [9.17, 15) is 19.5 Å². The number of hydrogen-bond acceptors (Lipinski definition) is 4. The summed E-state index contributed by atoms with van der Waals surface area (Å²) >= 11 is 0. The van der Waals surface area contributed by atoms with Crippen molar-refractivity contribution >= 4 is 22.8 Å². The zero-order chi connectivity index (χ0) is 16.6. The molecule has 1 aliphatic rings. The molecule has 1 amide bonds. The van der Waals surface area contributed by atoms with Crippen LogP contribution in [0, 0.1) is 0 Å². The van der Waals surface area contributed by atoms with Gasteiger partial charge < -0.3 is 19.3 Å². The smallest absolute Gasteiger partial charge is 0.328 e. The summed E-state index contributed by atoms with van der Waals surface area (Å²) in [6.07, 6.45) is 0. The molecule has 0 saturated carbocycles. The van der Waals surface area contributed by atoms with E-state index in [2.05, 4.69) is 0 Å². The molecule has 1 unspecified atom stereocenters. The Morgan fingerprint density at radius 3 is 2.78 bits per heavy atom. The molecular weight excluding hydrogens is 300 g/mol. The fourth-order valence-corrected chi connectivity index (χ4v) is 2.79. The van der Waals surface area contributed by atoms with Crippen LogP contribution in [-0.2, 0) is 16.6 Å². The normalized spacial score (nSPS) is 18.1. The Kier molecular flexibility index (Phi) is 3.87.